The third-order valence-corrected chi connectivity index (χ3v) is 2.87. The fraction of sp³-hybridized carbons (Fsp3) is 0.417. The van der Waals surface area contributed by atoms with Crippen molar-refractivity contribution in [3.05, 3.63) is 29.0 Å². The number of aromatic nitrogens is 2. The van der Waals surface area contributed by atoms with Crippen LogP contribution in [-0.2, 0) is 11.3 Å². The molecule has 4 heteroatoms. The number of halogens is 1. The first-order valence-corrected chi connectivity index (χ1v) is 5.71. The summed E-state index contributed by atoms with van der Waals surface area (Å²) < 4.78 is 7.26. The Balaban J connectivity index is 2.32. The van der Waals surface area contributed by atoms with E-state index in [1.54, 1.807) is 7.11 Å². The van der Waals surface area contributed by atoms with Gasteiger partial charge in [0.05, 0.1) is 11.0 Å². The lowest BCUT2D eigenvalue weighted by atomic mass is 10.3. The second-order valence-corrected chi connectivity index (χ2v) is 4.23. The number of hydrogen-bond acceptors (Lipinski definition) is 2. The highest BCUT2D eigenvalue weighted by molar-refractivity contribution is 6.31. The number of imidazole rings is 1. The largest absolute Gasteiger partial charge is 0.385 e. The lowest BCUT2D eigenvalue weighted by Gasteiger charge is -2.05. The first kappa shape index (κ1) is 11.4. The van der Waals surface area contributed by atoms with Gasteiger partial charge in [-0.05, 0) is 31.5 Å². The summed E-state index contributed by atoms with van der Waals surface area (Å²) in [5.41, 5.74) is 2.10. The van der Waals surface area contributed by atoms with Gasteiger partial charge in [0.15, 0.2) is 0 Å². The number of hydrogen-bond donors (Lipinski definition) is 0. The molecular weight excluding hydrogens is 224 g/mol. The number of ether oxygens (including phenoxy) is 1. The highest BCUT2D eigenvalue weighted by Gasteiger charge is 2.06. The van der Waals surface area contributed by atoms with Crippen molar-refractivity contribution in [2.24, 2.45) is 0 Å². The minimum absolute atomic E-state index is 0.731. The van der Waals surface area contributed by atoms with Gasteiger partial charge >= 0.3 is 0 Å². The van der Waals surface area contributed by atoms with Crippen LogP contribution in [0.1, 0.15) is 12.2 Å². The Morgan fingerprint density at radius 2 is 2.25 bits per heavy atom. The van der Waals surface area contributed by atoms with Crippen LogP contribution in [0, 0.1) is 6.92 Å². The summed E-state index contributed by atoms with van der Waals surface area (Å²) in [5, 5.41) is 0.731. The number of methoxy groups -OCH3 is 1. The fourth-order valence-electron chi connectivity index (χ4n) is 1.87. The van der Waals surface area contributed by atoms with Crippen LogP contribution in [0.25, 0.3) is 11.0 Å². The maximum atomic E-state index is 5.94. The Labute approximate surface area is 100.0 Å². The molecule has 0 saturated carbocycles. The number of fused-ring (bicyclic) bond motifs is 1. The monoisotopic (exact) mass is 238 g/mol. The number of rotatable bonds is 4. The molecule has 16 heavy (non-hydrogen) atoms. The Bertz CT molecular complexity index is 493. The normalized spacial score (nSPS) is 11.2. The molecule has 0 N–H and O–H groups in total. The van der Waals surface area contributed by atoms with Gasteiger partial charge in [-0.25, -0.2) is 4.98 Å². The van der Waals surface area contributed by atoms with Crippen LogP contribution in [0.3, 0.4) is 0 Å². The van der Waals surface area contributed by atoms with Gasteiger partial charge in [-0.2, -0.15) is 0 Å². The summed E-state index contributed by atoms with van der Waals surface area (Å²) in [7, 11) is 1.72. The van der Waals surface area contributed by atoms with E-state index in [9.17, 15) is 0 Å². The molecule has 0 aliphatic heterocycles. The van der Waals surface area contributed by atoms with E-state index in [1.165, 1.54) is 0 Å². The first-order valence-electron chi connectivity index (χ1n) is 5.33. The van der Waals surface area contributed by atoms with Crippen LogP contribution in [0.2, 0.25) is 5.02 Å². The van der Waals surface area contributed by atoms with Crippen LogP contribution >= 0.6 is 11.6 Å². The van der Waals surface area contributed by atoms with E-state index in [0.29, 0.717) is 0 Å². The number of benzene rings is 1. The van der Waals surface area contributed by atoms with Crippen molar-refractivity contribution in [2.75, 3.05) is 13.7 Å². The molecule has 1 aromatic heterocycles. The van der Waals surface area contributed by atoms with Crippen molar-refractivity contribution < 1.29 is 4.74 Å². The molecule has 0 spiro atoms. The zero-order valence-corrected chi connectivity index (χ0v) is 10.3. The smallest absolute Gasteiger partial charge is 0.106 e. The van der Waals surface area contributed by atoms with Crippen molar-refractivity contribution >= 4 is 22.6 Å². The summed E-state index contributed by atoms with van der Waals surface area (Å²) in [6.45, 7) is 3.71. The number of nitrogens with zero attached hydrogens (tertiary/aromatic N) is 2. The van der Waals surface area contributed by atoms with Gasteiger partial charge < -0.3 is 9.30 Å². The molecule has 86 valence electrons. The second-order valence-electron chi connectivity index (χ2n) is 3.79. The van der Waals surface area contributed by atoms with Crippen molar-refractivity contribution in [1.29, 1.82) is 0 Å². The summed E-state index contributed by atoms with van der Waals surface area (Å²) in [4.78, 5) is 4.49. The topological polar surface area (TPSA) is 27.1 Å². The SMILES string of the molecule is COCCCn1c(C)nc2cc(Cl)ccc21. The first-order chi connectivity index (χ1) is 7.72. The van der Waals surface area contributed by atoms with E-state index < -0.39 is 0 Å². The molecular formula is C12H15ClN2O. The van der Waals surface area contributed by atoms with Crippen LogP contribution in [0.5, 0.6) is 0 Å². The van der Waals surface area contributed by atoms with E-state index >= 15 is 0 Å². The molecule has 0 saturated heterocycles. The Morgan fingerprint density at radius 1 is 1.44 bits per heavy atom. The fourth-order valence-corrected chi connectivity index (χ4v) is 2.04. The Hall–Kier alpha value is -1.06. The molecule has 0 bridgehead atoms. The molecule has 1 aromatic carbocycles. The molecule has 0 radical (unpaired) electrons. The average molecular weight is 239 g/mol. The second kappa shape index (κ2) is 4.85. The predicted molar refractivity (Wildman–Crippen MR) is 66.0 cm³/mol. The van der Waals surface area contributed by atoms with E-state index in [2.05, 4.69) is 9.55 Å². The van der Waals surface area contributed by atoms with E-state index in [4.69, 9.17) is 16.3 Å². The summed E-state index contributed by atoms with van der Waals surface area (Å²) >= 11 is 5.94. The van der Waals surface area contributed by atoms with Crippen molar-refractivity contribution in [2.45, 2.75) is 19.9 Å². The molecule has 3 nitrogen and oxygen atoms in total. The maximum Gasteiger partial charge on any atom is 0.106 e. The van der Waals surface area contributed by atoms with Crippen molar-refractivity contribution in [3.63, 3.8) is 0 Å². The molecule has 0 fully saturated rings. The highest BCUT2D eigenvalue weighted by atomic mass is 35.5. The minimum atomic E-state index is 0.731. The Kier molecular flexibility index (Phi) is 3.46. The van der Waals surface area contributed by atoms with E-state index in [-0.39, 0.29) is 0 Å². The van der Waals surface area contributed by atoms with E-state index in [0.717, 1.165) is 41.5 Å². The average Bonchev–Trinajstić information content (AvgIpc) is 2.55. The molecule has 0 amide bonds. The van der Waals surface area contributed by atoms with Crippen molar-refractivity contribution in [3.8, 4) is 0 Å². The molecule has 2 aromatic rings. The third-order valence-electron chi connectivity index (χ3n) is 2.63. The molecule has 0 aliphatic carbocycles. The van der Waals surface area contributed by atoms with Gasteiger partial charge in [-0.1, -0.05) is 11.6 Å². The van der Waals surface area contributed by atoms with Crippen LogP contribution in [0.4, 0.5) is 0 Å². The maximum absolute atomic E-state index is 5.94. The van der Waals surface area contributed by atoms with E-state index in [1.807, 2.05) is 25.1 Å². The standard InChI is InChI=1S/C12H15ClN2O/c1-9-14-11-8-10(13)4-5-12(11)15(9)6-3-7-16-2/h4-5,8H,3,6-7H2,1-2H3. The Morgan fingerprint density at radius 3 is 3.00 bits per heavy atom. The zero-order valence-electron chi connectivity index (χ0n) is 9.53. The predicted octanol–water partition coefficient (Wildman–Crippen LogP) is 3.03. The lowest BCUT2D eigenvalue weighted by Crippen LogP contribution is -2.03. The van der Waals surface area contributed by atoms with Gasteiger partial charge in [0.2, 0.25) is 0 Å². The molecule has 0 atom stereocenters. The zero-order chi connectivity index (χ0) is 11.5. The summed E-state index contributed by atoms with van der Waals surface area (Å²) in [6, 6.07) is 5.82. The van der Waals surface area contributed by atoms with Crippen LogP contribution < -0.4 is 0 Å². The molecule has 1 heterocycles. The quantitative estimate of drug-likeness (QED) is 0.766. The van der Waals surface area contributed by atoms with Gasteiger partial charge in [0.1, 0.15) is 5.82 Å². The van der Waals surface area contributed by atoms with Gasteiger partial charge in [0.25, 0.3) is 0 Å². The highest BCUT2D eigenvalue weighted by Crippen LogP contribution is 2.20. The molecule has 0 unspecified atom stereocenters. The van der Waals surface area contributed by atoms with Crippen LogP contribution in [-0.4, -0.2) is 23.3 Å². The van der Waals surface area contributed by atoms with Crippen LogP contribution in [0.15, 0.2) is 18.2 Å². The number of aryl methyl sites for hydroxylation is 2. The molecule has 0 aliphatic rings. The summed E-state index contributed by atoms with van der Waals surface area (Å²) in [5.74, 6) is 1.02. The minimum Gasteiger partial charge on any atom is -0.385 e. The van der Waals surface area contributed by atoms with Gasteiger partial charge in [-0.3, -0.25) is 0 Å². The third kappa shape index (κ3) is 2.20. The van der Waals surface area contributed by atoms with Gasteiger partial charge in [-0.15, -0.1) is 0 Å². The van der Waals surface area contributed by atoms with Crippen molar-refractivity contribution in [1.82, 2.24) is 9.55 Å². The summed E-state index contributed by atoms with van der Waals surface area (Å²) in [6.07, 6.45) is 0.991. The van der Waals surface area contributed by atoms with Gasteiger partial charge in [0, 0.05) is 25.3 Å². The molecule has 2 rings (SSSR count). The lowest BCUT2D eigenvalue weighted by molar-refractivity contribution is 0.190.